The Kier molecular flexibility index (Phi) is 4.57. The van der Waals surface area contributed by atoms with Gasteiger partial charge in [0.2, 0.25) is 5.91 Å². The fraction of sp³-hybridized carbons (Fsp3) is 0.400. The van der Waals surface area contributed by atoms with E-state index in [9.17, 15) is 4.79 Å². The molecule has 1 aromatic carbocycles. The van der Waals surface area contributed by atoms with Gasteiger partial charge in [-0.05, 0) is 42.8 Å². The van der Waals surface area contributed by atoms with E-state index in [0.29, 0.717) is 12.3 Å². The molecule has 0 saturated carbocycles. The number of fused-ring (bicyclic) bond motifs is 1. The largest absolute Gasteiger partial charge is 0.342 e. The molecule has 0 aliphatic carbocycles. The minimum Gasteiger partial charge on any atom is -0.342 e. The number of carbonyl (C=O) groups excluding carboxylic acids is 1. The van der Waals surface area contributed by atoms with Crippen molar-refractivity contribution in [3.05, 3.63) is 52.5 Å². The molecule has 5 heteroatoms. The van der Waals surface area contributed by atoms with Crippen molar-refractivity contribution in [1.29, 1.82) is 0 Å². The predicted molar refractivity (Wildman–Crippen MR) is 102 cm³/mol. The van der Waals surface area contributed by atoms with Gasteiger partial charge in [-0.2, -0.15) is 0 Å². The Morgan fingerprint density at radius 2 is 2.16 bits per heavy atom. The molecule has 1 atom stereocenters. The molecule has 25 heavy (non-hydrogen) atoms. The summed E-state index contributed by atoms with van der Waals surface area (Å²) in [6, 6.07) is 12.4. The highest BCUT2D eigenvalue weighted by molar-refractivity contribution is 7.09. The lowest BCUT2D eigenvalue weighted by Gasteiger charge is -2.32. The first-order valence-corrected chi connectivity index (χ1v) is 9.82. The standard InChI is InChI=1S/C20H23N3OS/c1-22-18-9-3-2-8-17(18)21-20(22)15-6-4-12-23(14-15)19(24)11-10-16-7-5-13-25-16/h2-3,5,7-9,13,15H,4,6,10-12,14H2,1H3. The van der Waals surface area contributed by atoms with E-state index in [1.807, 2.05) is 17.0 Å². The SMILES string of the molecule is Cn1c(C2CCCN(C(=O)CCc3cccs3)C2)nc2ccccc21. The number of piperidine rings is 1. The molecule has 4 nitrogen and oxygen atoms in total. The Morgan fingerprint density at radius 3 is 2.96 bits per heavy atom. The highest BCUT2D eigenvalue weighted by Gasteiger charge is 2.27. The summed E-state index contributed by atoms with van der Waals surface area (Å²) in [6.45, 7) is 1.67. The number of nitrogens with zero attached hydrogens (tertiary/aromatic N) is 3. The van der Waals surface area contributed by atoms with E-state index in [0.717, 1.165) is 43.7 Å². The van der Waals surface area contributed by atoms with Crippen LogP contribution in [0.2, 0.25) is 0 Å². The molecule has 130 valence electrons. The van der Waals surface area contributed by atoms with Crippen molar-refractivity contribution in [1.82, 2.24) is 14.5 Å². The number of imidazole rings is 1. The Labute approximate surface area is 152 Å². The molecule has 1 amide bonds. The number of carbonyl (C=O) groups is 1. The van der Waals surface area contributed by atoms with E-state index in [2.05, 4.69) is 41.3 Å². The van der Waals surface area contributed by atoms with E-state index in [1.54, 1.807) is 11.3 Å². The molecule has 3 heterocycles. The number of amides is 1. The zero-order valence-electron chi connectivity index (χ0n) is 14.5. The Bertz CT molecular complexity index is 868. The van der Waals surface area contributed by atoms with Gasteiger partial charge in [0.15, 0.2) is 0 Å². The second-order valence-corrected chi connectivity index (χ2v) is 7.81. The van der Waals surface area contributed by atoms with Crippen LogP contribution in [0.3, 0.4) is 0 Å². The van der Waals surface area contributed by atoms with Crippen LogP contribution in [0.5, 0.6) is 0 Å². The smallest absolute Gasteiger partial charge is 0.222 e. The topological polar surface area (TPSA) is 38.1 Å². The first-order valence-electron chi connectivity index (χ1n) is 8.94. The van der Waals surface area contributed by atoms with Gasteiger partial charge in [-0.3, -0.25) is 4.79 Å². The second-order valence-electron chi connectivity index (χ2n) is 6.78. The van der Waals surface area contributed by atoms with Gasteiger partial charge in [-0.25, -0.2) is 4.98 Å². The minimum atomic E-state index is 0.275. The van der Waals surface area contributed by atoms with Crippen LogP contribution < -0.4 is 0 Å². The van der Waals surface area contributed by atoms with E-state index in [-0.39, 0.29) is 5.91 Å². The summed E-state index contributed by atoms with van der Waals surface area (Å²) in [5.41, 5.74) is 2.21. The monoisotopic (exact) mass is 353 g/mol. The zero-order valence-corrected chi connectivity index (χ0v) is 15.3. The predicted octanol–water partition coefficient (Wildman–Crippen LogP) is 3.97. The minimum absolute atomic E-state index is 0.275. The lowest BCUT2D eigenvalue weighted by atomic mass is 9.96. The number of likely N-dealkylation sites (tertiary alicyclic amines) is 1. The number of benzene rings is 1. The zero-order chi connectivity index (χ0) is 17.2. The van der Waals surface area contributed by atoms with Crippen molar-refractivity contribution in [2.45, 2.75) is 31.6 Å². The Morgan fingerprint density at radius 1 is 1.28 bits per heavy atom. The van der Waals surface area contributed by atoms with Crippen LogP contribution in [0.4, 0.5) is 0 Å². The van der Waals surface area contributed by atoms with Crippen molar-refractivity contribution in [2.75, 3.05) is 13.1 Å². The summed E-state index contributed by atoms with van der Waals surface area (Å²) in [5.74, 6) is 1.71. The van der Waals surface area contributed by atoms with E-state index >= 15 is 0 Å². The third-order valence-corrected chi connectivity index (χ3v) is 6.06. The van der Waals surface area contributed by atoms with Crippen molar-refractivity contribution >= 4 is 28.3 Å². The van der Waals surface area contributed by atoms with E-state index in [1.165, 1.54) is 10.4 Å². The summed E-state index contributed by atoms with van der Waals surface area (Å²) < 4.78 is 2.19. The van der Waals surface area contributed by atoms with Crippen molar-refractivity contribution < 1.29 is 4.79 Å². The fourth-order valence-corrected chi connectivity index (χ4v) is 4.50. The summed E-state index contributed by atoms with van der Waals surface area (Å²) in [5, 5.41) is 2.07. The highest BCUT2D eigenvalue weighted by Crippen LogP contribution is 2.29. The van der Waals surface area contributed by atoms with Crippen molar-refractivity contribution in [3.8, 4) is 0 Å². The third-order valence-electron chi connectivity index (χ3n) is 5.13. The van der Waals surface area contributed by atoms with Crippen molar-refractivity contribution in [3.63, 3.8) is 0 Å². The number of thiophene rings is 1. The first-order chi connectivity index (χ1) is 12.2. The van der Waals surface area contributed by atoms with Gasteiger partial charge in [0.1, 0.15) is 5.82 Å². The van der Waals surface area contributed by atoms with Gasteiger partial charge in [0.05, 0.1) is 11.0 Å². The summed E-state index contributed by atoms with van der Waals surface area (Å²) >= 11 is 1.73. The average Bonchev–Trinajstić information content (AvgIpc) is 3.28. The van der Waals surface area contributed by atoms with Crippen LogP contribution in [0, 0.1) is 0 Å². The van der Waals surface area contributed by atoms with E-state index in [4.69, 9.17) is 4.98 Å². The first kappa shape index (κ1) is 16.3. The maximum Gasteiger partial charge on any atom is 0.222 e. The molecule has 0 N–H and O–H groups in total. The van der Waals surface area contributed by atoms with Crippen LogP contribution in [0.25, 0.3) is 11.0 Å². The highest BCUT2D eigenvalue weighted by atomic mass is 32.1. The Balaban J connectivity index is 1.46. The van der Waals surface area contributed by atoms with Crippen LogP contribution in [-0.2, 0) is 18.3 Å². The van der Waals surface area contributed by atoms with Gasteiger partial charge in [-0.15, -0.1) is 11.3 Å². The van der Waals surface area contributed by atoms with Gasteiger partial charge >= 0.3 is 0 Å². The molecule has 3 aromatic rings. The molecule has 0 radical (unpaired) electrons. The molecular weight excluding hydrogens is 330 g/mol. The molecule has 4 rings (SSSR count). The molecule has 1 saturated heterocycles. The van der Waals surface area contributed by atoms with Crippen LogP contribution in [0.1, 0.15) is 35.9 Å². The number of para-hydroxylation sites is 2. The molecule has 0 bridgehead atoms. The van der Waals surface area contributed by atoms with Crippen molar-refractivity contribution in [2.24, 2.45) is 7.05 Å². The maximum absolute atomic E-state index is 12.6. The Hall–Kier alpha value is -2.14. The fourth-order valence-electron chi connectivity index (χ4n) is 3.79. The third kappa shape index (κ3) is 3.33. The van der Waals surface area contributed by atoms with Gasteiger partial charge in [-0.1, -0.05) is 18.2 Å². The number of rotatable bonds is 4. The summed E-state index contributed by atoms with van der Waals surface area (Å²) in [7, 11) is 2.09. The normalized spacial score (nSPS) is 18.0. The number of aryl methyl sites for hydroxylation is 2. The number of aromatic nitrogens is 2. The average molecular weight is 353 g/mol. The molecule has 2 aromatic heterocycles. The lowest BCUT2D eigenvalue weighted by Crippen LogP contribution is -2.39. The summed E-state index contributed by atoms with van der Waals surface area (Å²) in [6.07, 6.45) is 3.62. The number of hydrogen-bond donors (Lipinski definition) is 0. The molecule has 1 fully saturated rings. The van der Waals surface area contributed by atoms with Gasteiger partial charge in [0.25, 0.3) is 0 Å². The molecule has 0 spiro atoms. The van der Waals surface area contributed by atoms with Crippen LogP contribution in [-0.4, -0.2) is 33.4 Å². The van der Waals surface area contributed by atoms with Gasteiger partial charge < -0.3 is 9.47 Å². The van der Waals surface area contributed by atoms with E-state index < -0.39 is 0 Å². The maximum atomic E-state index is 12.6. The molecule has 1 aliphatic heterocycles. The quantitative estimate of drug-likeness (QED) is 0.712. The second kappa shape index (κ2) is 7.00. The molecular formula is C20H23N3OS. The van der Waals surface area contributed by atoms with Crippen LogP contribution >= 0.6 is 11.3 Å². The summed E-state index contributed by atoms with van der Waals surface area (Å²) in [4.78, 5) is 20.8. The number of hydrogen-bond acceptors (Lipinski definition) is 3. The molecule has 1 aliphatic rings. The van der Waals surface area contributed by atoms with Gasteiger partial charge in [0, 0.05) is 37.4 Å². The van der Waals surface area contributed by atoms with Crippen LogP contribution in [0.15, 0.2) is 41.8 Å². The lowest BCUT2D eigenvalue weighted by molar-refractivity contribution is -0.132. The molecule has 1 unspecified atom stereocenters.